The highest BCUT2D eigenvalue weighted by molar-refractivity contribution is 8.00. The van der Waals surface area contributed by atoms with E-state index in [9.17, 15) is 13.6 Å². The van der Waals surface area contributed by atoms with Crippen LogP contribution in [0.4, 0.5) is 8.78 Å². The zero-order chi connectivity index (χ0) is 14.8. The van der Waals surface area contributed by atoms with Crippen LogP contribution in [-0.2, 0) is 9.53 Å². The normalized spacial score (nSPS) is 25.7. The van der Waals surface area contributed by atoms with E-state index in [0.717, 1.165) is 18.6 Å². The Morgan fingerprint density at radius 3 is 2.90 bits per heavy atom. The number of esters is 1. The van der Waals surface area contributed by atoms with Crippen LogP contribution >= 0.6 is 11.8 Å². The smallest absolute Gasteiger partial charge is 0.326 e. The predicted octanol–water partition coefficient (Wildman–Crippen LogP) is 2.74. The largest absolute Gasteiger partial charge is 0.468 e. The Morgan fingerprint density at radius 1 is 1.50 bits per heavy atom. The lowest BCUT2D eigenvalue weighted by Crippen LogP contribution is -2.49. The molecular formula is C14H17F2NO2S. The molecule has 1 fully saturated rings. The minimum Gasteiger partial charge on any atom is -0.468 e. The molecule has 1 saturated carbocycles. The maximum atomic E-state index is 13.6. The molecule has 0 saturated heterocycles. The van der Waals surface area contributed by atoms with Crippen LogP contribution in [0.5, 0.6) is 0 Å². The molecule has 0 bridgehead atoms. The van der Waals surface area contributed by atoms with Crippen LogP contribution in [0.3, 0.4) is 0 Å². The lowest BCUT2D eigenvalue weighted by Gasteiger charge is -2.25. The maximum absolute atomic E-state index is 13.6. The van der Waals surface area contributed by atoms with Crippen molar-refractivity contribution < 1.29 is 18.3 Å². The summed E-state index contributed by atoms with van der Waals surface area (Å²) in [5, 5.41) is 3.07. The van der Waals surface area contributed by atoms with E-state index in [0.29, 0.717) is 12.8 Å². The van der Waals surface area contributed by atoms with Crippen molar-refractivity contribution in [3.05, 3.63) is 29.8 Å². The first-order chi connectivity index (χ1) is 9.50. The van der Waals surface area contributed by atoms with E-state index in [1.54, 1.807) is 7.05 Å². The Bertz CT molecular complexity index is 512. The Hall–Kier alpha value is -1.14. The summed E-state index contributed by atoms with van der Waals surface area (Å²) in [4.78, 5) is 12.1. The SMILES string of the molecule is CNC1(C(=O)OC)CCC(Sc2cc(F)ccc2F)C1. The molecular weight excluding hydrogens is 284 g/mol. The first kappa shape index (κ1) is 15.3. The van der Waals surface area contributed by atoms with Gasteiger partial charge in [0.1, 0.15) is 17.2 Å². The van der Waals surface area contributed by atoms with E-state index >= 15 is 0 Å². The molecule has 20 heavy (non-hydrogen) atoms. The zero-order valence-electron chi connectivity index (χ0n) is 11.4. The fourth-order valence-electron chi connectivity index (χ4n) is 2.56. The molecule has 0 spiro atoms. The van der Waals surface area contributed by atoms with Crippen LogP contribution in [0, 0.1) is 11.6 Å². The first-order valence-corrected chi connectivity index (χ1v) is 7.28. The Balaban J connectivity index is 2.10. The van der Waals surface area contributed by atoms with Crippen LogP contribution in [0.25, 0.3) is 0 Å². The highest BCUT2D eigenvalue weighted by Crippen LogP contribution is 2.41. The van der Waals surface area contributed by atoms with E-state index in [2.05, 4.69) is 5.32 Å². The highest BCUT2D eigenvalue weighted by Gasteiger charge is 2.45. The number of methoxy groups -OCH3 is 1. The second-order valence-corrected chi connectivity index (χ2v) is 6.22. The molecule has 6 heteroatoms. The quantitative estimate of drug-likeness (QED) is 0.868. The molecule has 2 atom stereocenters. The van der Waals surface area contributed by atoms with Crippen molar-refractivity contribution in [3.63, 3.8) is 0 Å². The molecule has 0 amide bonds. The average Bonchev–Trinajstić information content (AvgIpc) is 2.86. The third-order valence-corrected chi connectivity index (χ3v) is 5.01. The minimum absolute atomic E-state index is 0.0536. The van der Waals surface area contributed by atoms with Gasteiger partial charge in [-0.25, -0.2) is 8.78 Å². The molecule has 1 aromatic rings. The van der Waals surface area contributed by atoms with Gasteiger partial charge in [-0.2, -0.15) is 0 Å². The van der Waals surface area contributed by atoms with Crippen molar-refractivity contribution in [2.24, 2.45) is 0 Å². The van der Waals surface area contributed by atoms with Crippen molar-refractivity contribution in [1.29, 1.82) is 0 Å². The van der Waals surface area contributed by atoms with Crippen molar-refractivity contribution in [2.75, 3.05) is 14.2 Å². The van der Waals surface area contributed by atoms with Crippen molar-refractivity contribution in [2.45, 2.75) is 34.9 Å². The number of nitrogens with one attached hydrogen (secondary N) is 1. The van der Waals surface area contributed by atoms with Crippen molar-refractivity contribution >= 4 is 17.7 Å². The molecule has 1 N–H and O–H groups in total. The molecule has 2 unspecified atom stereocenters. The van der Waals surface area contributed by atoms with Gasteiger partial charge in [0.25, 0.3) is 0 Å². The zero-order valence-corrected chi connectivity index (χ0v) is 12.2. The number of thioether (sulfide) groups is 1. The van der Waals surface area contributed by atoms with Gasteiger partial charge < -0.3 is 10.1 Å². The summed E-state index contributed by atoms with van der Waals surface area (Å²) in [7, 11) is 3.07. The lowest BCUT2D eigenvalue weighted by molar-refractivity contribution is -0.148. The number of hydrogen-bond donors (Lipinski definition) is 1. The Labute approximate surface area is 121 Å². The van der Waals surface area contributed by atoms with Crippen LogP contribution in [0.15, 0.2) is 23.1 Å². The van der Waals surface area contributed by atoms with Gasteiger partial charge >= 0.3 is 5.97 Å². The number of carbonyl (C=O) groups excluding carboxylic acids is 1. The van der Waals surface area contributed by atoms with Gasteiger partial charge in [-0.3, -0.25) is 4.79 Å². The van der Waals surface area contributed by atoms with Gasteiger partial charge in [0.15, 0.2) is 0 Å². The fourth-order valence-corrected chi connectivity index (χ4v) is 3.88. The van der Waals surface area contributed by atoms with Gasteiger partial charge in [-0.05, 0) is 44.5 Å². The van der Waals surface area contributed by atoms with E-state index in [-0.39, 0.29) is 16.1 Å². The summed E-state index contributed by atoms with van der Waals surface area (Å²) >= 11 is 1.27. The van der Waals surface area contributed by atoms with Crippen molar-refractivity contribution in [1.82, 2.24) is 5.32 Å². The number of benzene rings is 1. The maximum Gasteiger partial charge on any atom is 0.326 e. The van der Waals surface area contributed by atoms with Gasteiger partial charge in [0, 0.05) is 10.1 Å². The monoisotopic (exact) mass is 301 g/mol. The molecule has 110 valence electrons. The summed E-state index contributed by atoms with van der Waals surface area (Å²) in [5.74, 6) is -1.20. The Morgan fingerprint density at radius 2 is 2.25 bits per heavy atom. The van der Waals surface area contributed by atoms with E-state index in [4.69, 9.17) is 4.74 Å². The number of likely N-dealkylation sites (N-methyl/N-ethyl adjacent to an activating group) is 1. The summed E-state index contributed by atoms with van der Waals surface area (Å²) in [6, 6.07) is 3.41. The van der Waals surface area contributed by atoms with E-state index in [1.165, 1.54) is 24.9 Å². The summed E-state index contributed by atoms with van der Waals surface area (Å²) < 4.78 is 31.6. The van der Waals surface area contributed by atoms with Crippen LogP contribution in [0.2, 0.25) is 0 Å². The molecule has 2 rings (SSSR count). The summed E-state index contributed by atoms with van der Waals surface area (Å²) in [6.07, 6.45) is 1.91. The molecule has 0 aromatic heterocycles. The fraction of sp³-hybridized carbons (Fsp3) is 0.500. The van der Waals surface area contributed by atoms with Gasteiger partial charge in [-0.15, -0.1) is 11.8 Å². The number of rotatable bonds is 4. The molecule has 1 aromatic carbocycles. The Kier molecular flexibility index (Phi) is 4.65. The molecule has 0 heterocycles. The third kappa shape index (κ3) is 2.96. The minimum atomic E-state index is -0.712. The van der Waals surface area contributed by atoms with Crippen molar-refractivity contribution in [3.8, 4) is 0 Å². The predicted molar refractivity (Wildman–Crippen MR) is 73.7 cm³/mol. The summed E-state index contributed by atoms with van der Waals surface area (Å²) in [6.45, 7) is 0. The van der Waals surface area contributed by atoms with Gasteiger partial charge in [-0.1, -0.05) is 0 Å². The number of carbonyl (C=O) groups is 1. The molecule has 1 aliphatic rings. The number of hydrogen-bond acceptors (Lipinski definition) is 4. The summed E-state index contributed by atoms with van der Waals surface area (Å²) in [5.41, 5.74) is -0.712. The standard InChI is InChI=1S/C14H17F2NO2S/c1-17-14(13(18)19-2)6-5-10(8-14)20-12-7-9(15)3-4-11(12)16/h3-4,7,10,17H,5-6,8H2,1-2H3. The lowest BCUT2D eigenvalue weighted by atomic mass is 9.98. The van der Waals surface area contributed by atoms with Crippen LogP contribution in [-0.4, -0.2) is 30.9 Å². The molecule has 1 aliphatic carbocycles. The first-order valence-electron chi connectivity index (χ1n) is 6.40. The van der Waals surface area contributed by atoms with Crippen LogP contribution in [0.1, 0.15) is 19.3 Å². The number of ether oxygens (including phenoxy) is 1. The number of halogens is 2. The van der Waals surface area contributed by atoms with Gasteiger partial charge in [0.05, 0.1) is 7.11 Å². The van der Waals surface area contributed by atoms with E-state index < -0.39 is 17.2 Å². The third-order valence-electron chi connectivity index (χ3n) is 3.71. The van der Waals surface area contributed by atoms with E-state index in [1.807, 2.05) is 0 Å². The molecule has 0 radical (unpaired) electrons. The highest BCUT2D eigenvalue weighted by atomic mass is 32.2. The van der Waals surface area contributed by atoms with Crippen LogP contribution < -0.4 is 5.32 Å². The second kappa shape index (κ2) is 6.10. The van der Waals surface area contributed by atoms with Gasteiger partial charge in [0.2, 0.25) is 0 Å². The second-order valence-electron chi connectivity index (χ2n) is 4.88. The topological polar surface area (TPSA) is 38.3 Å². The average molecular weight is 301 g/mol. The molecule has 0 aliphatic heterocycles. The molecule has 3 nitrogen and oxygen atoms in total.